The first kappa shape index (κ1) is 20.3. The van der Waals surface area contributed by atoms with Crippen LogP contribution in [0, 0.1) is 27.4 Å². The van der Waals surface area contributed by atoms with Crippen LogP contribution in [0.15, 0.2) is 48.5 Å². The molecule has 7 heteroatoms. The average Bonchev–Trinajstić information content (AvgIpc) is 3.50. The van der Waals surface area contributed by atoms with Crippen LogP contribution in [0.2, 0.25) is 0 Å². The van der Waals surface area contributed by atoms with Crippen LogP contribution in [0.1, 0.15) is 43.7 Å². The molecule has 2 aromatic carbocycles. The lowest BCUT2D eigenvalue weighted by molar-refractivity contribution is -0.383. The van der Waals surface area contributed by atoms with Gasteiger partial charge in [0.15, 0.2) is 5.11 Å². The minimum absolute atomic E-state index is 0.0260. The molecule has 2 aliphatic rings. The molecule has 0 saturated heterocycles. The quantitative estimate of drug-likeness (QED) is 0.417. The predicted molar refractivity (Wildman–Crippen MR) is 120 cm³/mol. The van der Waals surface area contributed by atoms with Crippen molar-refractivity contribution >= 4 is 28.7 Å². The van der Waals surface area contributed by atoms with E-state index >= 15 is 0 Å². The van der Waals surface area contributed by atoms with Gasteiger partial charge in [-0.05, 0) is 79.9 Å². The van der Waals surface area contributed by atoms with E-state index in [0.29, 0.717) is 22.8 Å². The fourth-order valence-electron chi connectivity index (χ4n) is 5.04. The highest BCUT2D eigenvalue weighted by Gasteiger charge is 2.58. The molecule has 0 radical (unpaired) electrons. The van der Waals surface area contributed by atoms with E-state index < -0.39 is 4.92 Å². The number of fused-ring (bicyclic) bond motifs is 1. The third-order valence-corrected chi connectivity index (χ3v) is 7.00. The van der Waals surface area contributed by atoms with E-state index in [1.54, 1.807) is 18.2 Å². The Hall–Kier alpha value is -2.98. The molecule has 3 atom stereocenters. The van der Waals surface area contributed by atoms with Crippen LogP contribution in [0.4, 0.5) is 11.4 Å². The van der Waals surface area contributed by atoms with Crippen molar-refractivity contribution in [2.75, 3.05) is 11.9 Å². The molecule has 2 aliphatic carbocycles. The smallest absolute Gasteiger partial charge is 0.292 e. The standard InChI is InChI=1S/C23H24N4O2S/c1-2-26(22(30)25-20-8-3-4-9-21(20)27(28)29)19-10-11-23(14-18(23)13-19)17-7-5-6-16(12-17)15-24/h3-9,12,18-19H,2,10-11,13-14H2,1H3,(H,25,30). The van der Waals surface area contributed by atoms with Gasteiger partial charge in [-0.2, -0.15) is 5.26 Å². The number of nitro groups is 1. The molecule has 0 amide bonds. The fourth-order valence-corrected chi connectivity index (χ4v) is 5.43. The number of benzene rings is 2. The van der Waals surface area contributed by atoms with Crippen molar-refractivity contribution in [3.8, 4) is 6.07 Å². The zero-order chi connectivity index (χ0) is 21.3. The maximum Gasteiger partial charge on any atom is 0.292 e. The second kappa shape index (κ2) is 8.04. The lowest BCUT2D eigenvalue weighted by atomic mass is 9.80. The highest BCUT2D eigenvalue weighted by Crippen LogP contribution is 2.62. The van der Waals surface area contributed by atoms with Crippen molar-refractivity contribution in [2.24, 2.45) is 5.92 Å². The number of nitrogens with one attached hydrogen (secondary N) is 1. The molecular weight excluding hydrogens is 396 g/mol. The minimum Gasteiger partial charge on any atom is -0.346 e. The number of nitrogens with zero attached hydrogens (tertiary/aromatic N) is 3. The first-order valence-corrected chi connectivity index (χ1v) is 10.7. The zero-order valence-electron chi connectivity index (χ0n) is 16.9. The van der Waals surface area contributed by atoms with Gasteiger partial charge < -0.3 is 10.2 Å². The van der Waals surface area contributed by atoms with Gasteiger partial charge in [-0.25, -0.2) is 0 Å². The molecule has 4 rings (SSSR count). The van der Waals surface area contributed by atoms with Crippen LogP contribution in [0.5, 0.6) is 0 Å². The molecule has 0 aliphatic heterocycles. The van der Waals surface area contributed by atoms with Crippen LogP contribution in [-0.4, -0.2) is 27.5 Å². The Kier molecular flexibility index (Phi) is 5.44. The summed E-state index contributed by atoms with van der Waals surface area (Å²) in [6, 6.07) is 17.2. The van der Waals surface area contributed by atoms with E-state index in [1.165, 1.54) is 11.6 Å². The Morgan fingerprint density at radius 1 is 1.37 bits per heavy atom. The zero-order valence-corrected chi connectivity index (χ0v) is 17.7. The van der Waals surface area contributed by atoms with Gasteiger partial charge in [0.2, 0.25) is 0 Å². The van der Waals surface area contributed by atoms with E-state index in [9.17, 15) is 15.4 Å². The van der Waals surface area contributed by atoms with Gasteiger partial charge in [-0.1, -0.05) is 24.3 Å². The molecular formula is C23H24N4O2S. The van der Waals surface area contributed by atoms with Gasteiger partial charge in [0.05, 0.1) is 16.6 Å². The lowest BCUT2D eigenvalue weighted by Crippen LogP contribution is -2.45. The van der Waals surface area contributed by atoms with E-state index in [1.807, 2.05) is 18.2 Å². The Morgan fingerprint density at radius 3 is 2.87 bits per heavy atom. The molecule has 2 saturated carbocycles. The predicted octanol–water partition coefficient (Wildman–Crippen LogP) is 5.00. The van der Waals surface area contributed by atoms with Crippen molar-refractivity contribution in [1.82, 2.24) is 4.90 Å². The molecule has 0 bridgehead atoms. The molecule has 1 N–H and O–H groups in total. The summed E-state index contributed by atoms with van der Waals surface area (Å²) in [5, 5.41) is 24.2. The maximum atomic E-state index is 11.3. The van der Waals surface area contributed by atoms with Crippen LogP contribution < -0.4 is 5.32 Å². The number of rotatable bonds is 5. The summed E-state index contributed by atoms with van der Waals surface area (Å²) in [6.07, 6.45) is 4.28. The molecule has 30 heavy (non-hydrogen) atoms. The van der Waals surface area contributed by atoms with Gasteiger partial charge in [-0.15, -0.1) is 0 Å². The summed E-state index contributed by atoms with van der Waals surface area (Å²) < 4.78 is 0. The van der Waals surface area contributed by atoms with Crippen molar-refractivity contribution in [1.29, 1.82) is 5.26 Å². The minimum atomic E-state index is -0.393. The van der Waals surface area contributed by atoms with Crippen molar-refractivity contribution in [3.05, 3.63) is 69.8 Å². The lowest BCUT2D eigenvalue weighted by Gasteiger charge is -2.38. The molecule has 0 aromatic heterocycles. The Labute approximate surface area is 181 Å². The monoisotopic (exact) mass is 420 g/mol. The van der Waals surface area contributed by atoms with Gasteiger partial charge in [0.1, 0.15) is 5.69 Å². The Bertz CT molecular complexity index is 1030. The summed E-state index contributed by atoms with van der Waals surface area (Å²) in [5.41, 5.74) is 2.66. The SMILES string of the molecule is CCN(C(=S)Nc1ccccc1[N+](=O)[O-])C1CCC2(c3cccc(C#N)c3)CC2C1. The van der Waals surface area contributed by atoms with Crippen molar-refractivity contribution < 1.29 is 4.92 Å². The van der Waals surface area contributed by atoms with E-state index in [4.69, 9.17) is 12.2 Å². The third-order valence-electron chi connectivity index (χ3n) is 6.66. The van der Waals surface area contributed by atoms with Gasteiger partial charge in [0, 0.05) is 18.7 Å². The van der Waals surface area contributed by atoms with Crippen molar-refractivity contribution in [2.45, 2.75) is 44.1 Å². The van der Waals surface area contributed by atoms with E-state index in [-0.39, 0.29) is 11.1 Å². The van der Waals surface area contributed by atoms with Gasteiger partial charge in [-0.3, -0.25) is 10.1 Å². The molecule has 0 spiro atoms. The summed E-state index contributed by atoms with van der Waals surface area (Å²) >= 11 is 5.65. The van der Waals surface area contributed by atoms with Crippen LogP contribution in [0.25, 0.3) is 0 Å². The number of anilines is 1. The third kappa shape index (κ3) is 3.63. The van der Waals surface area contributed by atoms with E-state index in [0.717, 1.165) is 37.8 Å². The van der Waals surface area contributed by atoms with E-state index in [2.05, 4.69) is 29.3 Å². The highest BCUT2D eigenvalue weighted by molar-refractivity contribution is 7.80. The Balaban J connectivity index is 1.46. The average molecular weight is 421 g/mol. The number of nitriles is 1. The van der Waals surface area contributed by atoms with Crippen LogP contribution >= 0.6 is 12.2 Å². The first-order valence-electron chi connectivity index (χ1n) is 10.3. The maximum absolute atomic E-state index is 11.3. The number of hydrogen-bond donors (Lipinski definition) is 1. The van der Waals surface area contributed by atoms with Gasteiger partial charge >= 0.3 is 0 Å². The summed E-state index contributed by atoms with van der Waals surface area (Å²) in [6.45, 7) is 2.82. The largest absolute Gasteiger partial charge is 0.346 e. The van der Waals surface area contributed by atoms with Gasteiger partial charge in [0.25, 0.3) is 5.69 Å². The van der Waals surface area contributed by atoms with Crippen LogP contribution in [-0.2, 0) is 5.41 Å². The highest BCUT2D eigenvalue weighted by atomic mass is 32.1. The second-order valence-electron chi connectivity index (χ2n) is 8.17. The summed E-state index contributed by atoms with van der Waals surface area (Å²) in [7, 11) is 0. The number of thiocarbonyl (C=S) groups is 1. The molecule has 0 heterocycles. The molecule has 3 unspecified atom stereocenters. The number of para-hydroxylation sites is 2. The number of nitro benzene ring substituents is 1. The summed E-state index contributed by atoms with van der Waals surface area (Å²) in [4.78, 5) is 13.1. The molecule has 6 nitrogen and oxygen atoms in total. The topological polar surface area (TPSA) is 82.2 Å². The molecule has 154 valence electrons. The van der Waals surface area contributed by atoms with Crippen molar-refractivity contribution in [3.63, 3.8) is 0 Å². The number of hydrogen-bond acceptors (Lipinski definition) is 4. The fraction of sp³-hybridized carbons (Fsp3) is 0.391. The Morgan fingerprint density at radius 2 is 2.17 bits per heavy atom. The summed E-state index contributed by atoms with van der Waals surface area (Å²) in [5.74, 6) is 0.591. The van der Waals surface area contributed by atoms with Crippen LogP contribution in [0.3, 0.4) is 0 Å². The molecule has 2 fully saturated rings. The second-order valence-corrected chi connectivity index (χ2v) is 8.56. The first-order chi connectivity index (χ1) is 14.5. The molecule has 2 aromatic rings. The normalized spacial score (nSPS) is 24.3.